The second kappa shape index (κ2) is 6.02. The zero-order chi connectivity index (χ0) is 16.6. The third-order valence-electron chi connectivity index (χ3n) is 3.98. The van der Waals surface area contributed by atoms with Gasteiger partial charge in [-0.15, -0.1) is 10.2 Å². The Bertz CT molecular complexity index is 1140. The van der Waals surface area contributed by atoms with Gasteiger partial charge in [0.25, 0.3) is 0 Å². The Hall–Kier alpha value is -2.64. The Morgan fingerprint density at radius 2 is 1.84 bits per heavy atom. The molecule has 0 radical (unpaired) electrons. The van der Waals surface area contributed by atoms with Gasteiger partial charge in [0.05, 0.1) is 15.9 Å². The van der Waals surface area contributed by atoms with Gasteiger partial charge in [0.2, 0.25) is 4.96 Å². The minimum Gasteiger partial charge on any atom is -0.260 e. The Kier molecular flexibility index (Phi) is 3.53. The van der Waals surface area contributed by atoms with E-state index in [2.05, 4.69) is 68.2 Å². The predicted molar refractivity (Wildman–Crippen MR) is 101 cm³/mol. The summed E-state index contributed by atoms with van der Waals surface area (Å²) in [6, 6.07) is 18.7. The van der Waals surface area contributed by atoms with E-state index in [0.717, 1.165) is 21.6 Å². The predicted octanol–water partition coefficient (Wildman–Crippen LogP) is 4.42. The first-order chi connectivity index (χ1) is 12.4. The monoisotopic (exact) mass is 363 g/mol. The SMILES string of the molecule is c1ccc2c(c1)sc1nnc(SCc3ccc(-n4cccn4)cc3)n12. The number of nitrogens with zero attached hydrogens (tertiary/aromatic N) is 5. The Labute approximate surface area is 151 Å². The molecule has 0 N–H and O–H groups in total. The van der Waals surface area contributed by atoms with Crippen molar-refractivity contribution in [3.63, 3.8) is 0 Å². The fraction of sp³-hybridized carbons (Fsp3) is 0.0556. The summed E-state index contributed by atoms with van der Waals surface area (Å²) < 4.78 is 5.23. The van der Waals surface area contributed by atoms with Gasteiger partial charge in [0, 0.05) is 18.1 Å². The number of aromatic nitrogens is 5. The molecule has 0 saturated carbocycles. The number of hydrogen-bond acceptors (Lipinski definition) is 5. The van der Waals surface area contributed by atoms with Crippen LogP contribution >= 0.6 is 23.1 Å². The first kappa shape index (κ1) is 14.7. The van der Waals surface area contributed by atoms with Gasteiger partial charge in [-0.25, -0.2) is 4.68 Å². The standard InChI is InChI=1S/C18H13N5S2/c1-2-5-16-15(4-1)23-17(20-21-18(23)25-16)24-12-13-6-8-14(9-7-13)22-11-3-10-19-22/h1-11H,12H2. The topological polar surface area (TPSA) is 48.0 Å². The van der Waals surface area contributed by atoms with Crippen LogP contribution in [-0.4, -0.2) is 24.4 Å². The summed E-state index contributed by atoms with van der Waals surface area (Å²) in [4.78, 5) is 0.942. The smallest absolute Gasteiger partial charge is 0.217 e. The molecule has 5 nitrogen and oxygen atoms in total. The molecule has 25 heavy (non-hydrogen) atoms. The van der Waals surface area contributed by atoms with Crippen molar-refractivity contribution in [2.75, 3.05) is 0 Å². The fourth-order valence-corrected chi connectivity index (χ4v) is 4.69. The lowest BCUT2D eigenvalue weighted by atomic mass is 10.2. The van der Waals surface area contributed by atoms with E-state index in [1.54, 1.807) is 29.3 Å². The molecule has 0 saturated heterocycles. The van der Waals surface area contributed by atoms with E-state index >= 15 is 0 Å². The summed E-state index contributed by atoms with van der Waals surface area (Å²) in [6.07, 6.45) is 3.73. The highest BCUT2D eigenvalue weighted by atomic mass is 32.2. The van der Waals surface area contributed by atoms with Crippen molar-refractivity contribution in [1.29, 1.82) is 0 Å². The number of para-hydroxylation sites is 1. The highest BCUT2D eigenvalue weighted by Crippen LogP contribution is 2.30. The number of thiazole rings is 1. The van der Waals surface area contributed by atoms with Gasteiger partial charge >= 0.3 is 0 Å². The van der Waals surface area contributed by atoms with E-state index in [9.17, 15) is 0 Å². The number of hydrogen-bond donors (Lipinski definition) is 0. The maximum Gasteiger partial charge on any atom is 0.217 e. The maximum atomic E-state index is 4.35. The first-order valence-electron chi connectivity index (χ1n) is 7.83. The summed E-state index contributed by atoms with van der Waals surface area (Å²) in [5.74, 6) is 0.852. The Balaban J connectivity index is 1.40. The molecule has 2 aromatic carbocycles. The molecular formula is C18H13N5S2. The molecule has 0 aliphatic heterocycles. The lowest BCUT2D eigenvalue weighted by Gasteiger charge is -2.04. The van der Waals surface area contributed by atoms with Crippen LogP contribution in [0.4, 0.5) is 0 Å². The molecule has 3 aromatic heterocycles. The second-order valence-corrected chi connectivity index (χ2v) is 7.53. The molecule has 0 amide bonds. The Morgan fingerprint density at radius 3 is 2.68 bits per heavy atom. The number of benzene rings is 2. The number of thioether (sulfide) groups is 1. The molecule has 0 bridgehead atoms. The molecule has 0 aliphatic carbocycles. The third kappa shape index (κ3) is 2.61. The lowest BCUT2D eigenvalue weighted by Crippen LogP contribution is -1.94. The zero-order valence-corrected chi connectivity index (χ0v) is 14.7. The van der Waals surface area contributed by atoms with Gasteiger partial charge in [-0.05, 0) is 35.9 Å². The molecule has 5 rings (SSSR count). The van der Waals surface area contributed by atoms with Crippen molar-refractivity contribution >= 4 is 38.3 Å². The first-order valence-corrected chi connectivity index (χ1v) is 9.63. The van der Waals surface area contributed by atoms with E-state index in [0.29, 0.717) is 0 Å². The van der Waals surface area contributed by atoms with Crippen LogP contribution in [0.15, 0.2) is 72.1 Å². The van der Waals surface area contributed by atoms with Crippen molar-refractivity contribution in [1.82, 2.24) is 24.4 Å². The van der Waals surface area contributed by atoms with Crippen LogP contribution in [0.2, 0.25) is 0 Å². The molecule has 0 fully saturated rings. The molecule has 122 valence electrons. The molecule has 3 heterocycles. The molecular weight excluding hydrogens is 350 g/mol. The molecule has 0 spiro atoms. The molecule has 0 atom stereocenters. The van der Waals surface area contributed by atoms with Crippen LogP contribution in [0, 0.1) is 0 Å². The van der Waals surface area contributed by atoms with Crippen molar-refractivity contribution < 1.29 is 0 Å². The van der Waals surface area contributed by atoms with E-state index in [1.165, 1.54) is 15.8 Å². The fourth-order valence-electron chi connectivity index (χ4n) is 2.76. The number of rotatable bonds is 4. The van der Waals surface area contributed by atoms with E-state index < -0.39 is 0 Å². The average Bonchev–Trinajstić information content (AvgIpc) is 3.37. The van der Waals surface area contributed by atoms with E-state index in [-0.39, 0.29) is 0 Å². The molecule has 7 heteroatoms. The Morgan fingerprint density at radius 1 is 0.960 bits per heavy atom. The summed E-state index contributed by atoms with van der Waals surface area (Å²) in [5, 5.41) is 13.9. The van der Waals surface area contributed by atoms with Crippen LogP contribution in [0.25, 0.3) is 20.9 Å². The van der Waals surface area contributed by atoms with Crippen LogP contribution in [0.5, 0.6) is 0 Å². The minimum atomic E-state index is 0.852. The van der Waals surface area contributed by atoms with Gasteiger partial charge in [0.15, 0.2) is 5.16 Å². The quantitative estimate of drug-likeness (QED) is 0.444. The maximum absolute atomic E-state index is 4.35. The molecule has 5 aromatic rings. The third-order valence-corrected chi connectivity index (χ3v) is 6.00. The zero-order valence-electron chi connectivity index (χ0n) is 13.1. The van der Waals surface area contributed by atoms with Gasteiger partial charge in [0.1, 0.15) is 0 Å². The normalized spacial score (nSPS) is 11.5. The van der Waals surface area contributed by atoms with Gasteiger partial charge in [-0.1, -0.05) is 47.4 Å². The number of fused-ring (bicyclic) bond motifs is 3. The van der Waals surface area contributed by atoms with E-state index in [1.807, 2.05) is 16.9 Å². The van der Waals surface area contributed by atoms with Gasteiger partial charge < -0.3 is 0 Å². The second-order valence-electron chi connectivity index (χ2n) is 5.58. The lowest BCUT2D eigenvalue weighted by molar-refractivity contribution is 0.880. The summed E-state index contributed by atoms with van der Waals surface area (Å²) >= 11 is 3.38. The minimum absolute atomic E-state index is 0.852. The van der Waals surface area contributed by atoms with Crippen LogP contribution in [0.1, 0.15) is 5.56 Å². The van der Waals surface area contributed by atoms with Gasteiger partial charge in [-0.3, -0.25) is 4.40 Å². The van der Waals surface area contributed by atoms with Crippen molar-refractivity contribution in [2.45, 2.75) is 10.9 Å². The van der Waals surface area contributed by atoms with Crippen LogP contribution in [-0.2, 0) is 5.75 Å². The average molecular weight is 363 g/mol. The van der Waals surface area contributed by atoms with Gasteiger partial charge in [-0.2, -0.15) is 5.10 Å². The summed E-state index contributed by atoms with van der Waals surface area (Å²) in [5.41, 5.74) is 3.48. The van der Waals surface area contributed by atoms with Crippen molar-refractivity contribution in [2.24, 2.45) is 0 Å². The highest BCUT2D eigenvalue weighted by Gasteiger charge is 2.12. The van der Waals surface area contributed by atoms with Crippen LogP contribution in [0.3, 0.4) is 0 Å². The summed E-state index contributed by atoms with van der Waals surface area (Å²) in [6.45, 7) is 0. The summed E-state index contributed by atoms with van der Waals surface area (Å²) in [7, 11) is 0. The largest absolute Gasteiger partial charge is 0.260 e. The van der Waals surface area contributed by atoms with Crippen LogP contribution < -0.4 is 0 Å². The van der Waals surface area contributed by atoms with Crippen molar-refractivity contribution in [3.05, 3.63) is 72.6 Å². The van der Waals surface area contributed by atoms with E-state index in [4.69, 9.17) is 0 Å². The highest BCUT2D eigenvalue weighted by molar-refractivity contribution is 7.98. The molecule has 0 unspecified atom stereocenters. The van der Waals surface area contributed by atoms with Crippen molar-refractivity contribution in [3.8, 4) is 5.69 Å². The molecule has 0 aliphatic rings.